The summed E-state index contributed by atoms with van der Waals surface area (Å²) in [4.78, 5) is 4.95. The predicted octanol–water partition coefficient (Wildman–Crippen LogP) is 29.6. The summed E-state index contributed by atoms with van der Waals surface area (Å²) < 4.78 is 0. The van der Waals surface area contributed by atoms with Crippen molar-refractivity contribution in [1.82, 2.24) is 0 Å². The van der Waals surface area contributed by atoms with Gasteiger partial charge >= 0.3 is 0 Å². The third-order valence-electron chi connectivity index (χ3n) is 23.2. The van der Waals surface area contributed by atoms with Gasteiger partial charge in [-0.3, -0.25) is 0 Å². The van der Waals surface area contributed by atoms with Gasteiger partial charge in [-0.2, -0.15) is 0 Å². The first kappa shape index (κ1) is 62.0. The predicted molar refractivity (Wildman–Crippen MR) is 458 cm³/mol. The van der Waals surface area contributed by atoms with Crippen molar-refractivity contribution in [2.45, 2.75) is 19.3 Å². The number of fused-ring (bicyclic) bond motifs is 18. The monoisotopic (exact) mass is 1360 g/mol. The van der Waals surface area contributed by atoms with E-state index >= 15 is 0 Å². The Morgan fingerprint density at radius 2 is 0.505 bits per heavy atom. The van der Waals surface area contributed by atoms with Crippen LogP contribution in [-0.4, -0.2) is 0 Å². The van der Waals surface area contributed by atoms with Crippen LogP contribution in [0.1, 0.15) is 25.0 Å². The molecule has 0 aromatic heterocycles. The highest BCUT2D eigenvalue weighted by molar-refractivity contribution is 6.27. The topological polar surface area (TPSA) is 6.48 Å². The average Bonchev–Trinajstić information content (AvgIpc) is 1.59. The normalized spacial score (nSPS) is 12.5. The number of anilines is 6. The van der Waals surface area contributed by atoms with Crippen LogP contribution in [0.4, 0.5) is 34.1 Å². The maximum absolute atomic E-state index is 2.51. The molecule has 0 saturated heterocycles. The van der Waals surface area contributed by atoms with E-state index in [0.29, 0.717) is 0 Å². The van der Waals surface area contributed by atoms with Crippen LogP contribution in [0.25, 0.3) is 164 Å². The second kappa shape index (κ2) is 24.8. The SMILES string of the molecule is CC1(C)c2ccc(-c3cccc4c(-c5cccc(N(c6ccc(-c7ccc8c9ccccc9c9ccccc9c8c7)cc6)c6cccc7ccccc67)c5)cccc34)cc2-c2cccc(N(c3ccc(-c4ccc5c6ccccc6c6ccccc6c5c4)cc3)c3cccc(-c4cccc5ccccc45)c3)c21. The Labute approximate surface area is 622 Å². The van der Waals surface area contributed by atoms with Gasteiger partial charge in [0.1, 0.15) is 0 Å². The molecule has 0 fully saturated rings. The smallest absolute Gasteiger partial charge is 0.0540 e. The standard InChI is InChI=1S/C105H70N2/c1-105(2)101-61-54-75(66-100(101)97-45-21-47-103(104(97)105)107(79-29-15-26-73(62-79)81-40-17-24-69-22-3-5-30-80(69)81)77-57-50-68(51-58-77)72-53-60-96-92-37-10-8-33-88(92)90-35-12-14-39-94(90)99(96)65-72)83-42-20-43-85-82(41-19-44-86(83)85)74-27-16-28-78(63-74)106(102-46-18-25-70-23-4-6-31-84(70)102)76-55-48-67(49-56-76)71-52-59-95-91-36-9-7-32-87(91)89-34-11-13-38-93(89)98(95)64-71/h3-66H,1-2H3. The van der Waals surface area contributed by atoms with Crippen molar-refractivity contribution in [1.29, 1.82) is 0 Å². The molecule has 0 saturated carbocycles. The zero-order valence-electron chi connectivity index (χ0n) is 59.3. The van der Waals surface area contributed by atoms with Crippen LogP contribution in [0.15, 0.2) is 388 Å². The van der Waals surface area contributed by atoms with Crippen LogP contribution < -0.4 is 9.80 Å². The van der Waals surface area contributed by atoms with Gasteiger partial charge in [-0.25, -0.2) is 0 Å². The summed E-state index contributed by atoms with van der Waals surface area (Å²) in [6.07, 6.45) is 0. The molecular weight excluding hydrogens is 1290 g/mol. The van der Waals surface area contributed by atoms with E-state index in [-0.39, 0.29) is 5.41 Å². The summed E-state index contributed by atoms with van der Waals surface area (Å²) in [5.41, 5.74) is 23.3. The van der Waals surface area contributed by atoms with Crippen LogP contribution in [0.2, 0.25) is 0 Å². The molecule has 0 aliphatic heterocycles. The average molecular weight is 1360 g/mol. The molecule has 0 heterocycles. The quantitative estimate of drug-likeness (QED) is 0.119. The van der Waals surface area contributed by atoms with Gasteiger partial charge in [-0.1, -0.05) is 323 Å². The Morgan fingerprint density at radius 1 is 0.178 bits per heavy atom. The fraction of sp³-hybridized carbons (Fsp3) is 0.0286. The molecular formula is C105H70N2. The molecule has 20 aromatic carbocycles. The van der Waals surface area contributed by atoms with Crippen molar-refractivity contribution < 1.29 is 0 Å². The van der Waals surface area contributed by atoms with Crippen molar-refractivity contribution >= 4 is 131 Å². The van der Waals surface area contributed by atoms with Crippen LogP contribution in [0, 0.1) is 0 Å². The Balaban J connectivity index is 0.652. The molecule has 0 atom stereocenters. The van der Waals surface area contributed by atoms with Gasteiger partial charge in [0.15, 0.2) is 0 Å². The first-order valence-corrected chi connectivity index (χ1v) is 37.3. The highest BCUT2D eigenvalue weighted by Crippen LogP contribution is 2.56. The number of nitrogens with zero attached hydrogens (tertiary/aromatic N) is 2. The Morgan fingerprint density at radius 3 is 1.01 bits per heavy atom. The maximum Gasteiger partial charge on any atom is 0.0540 e. The fourth-order valence-corrected chi connectivity index (χ4v) is 18.2. The molecule has 0 amide bonds. The van der Waals surface area contributed by atoms with Crippen LogP contribution in [-0.2, 0) is 5.41 Å². The maximum atomic E-state index is 2.51. The van der Waals surface area contributed by atoms with E-state index < -0.39 is 0 Å². The van der Waals surface area contributed by atoms with Gasteiger partial charge in [0.2, 0.25) is 0 Å². The summed E-state index contributed by atoms with van der Waals surface area (Å²) >= 11 is 0. The molecule has 107 heavy (non-hydrogen) atoms. The lowest BCUT2D eigenvalue weighted by Gasteiger charge is -2.32. The van der Waals surface area contributed by atoms with Gasteiger partial charge in [-0.05, 0) is 248 Å². The highest BCUT2D eigenvalue weighted by atomic mass is 15.2. The summed E-state index contributed by atoms with van der Waals surface area (Å²) in [7, 11) is 0. The lowest BCUT2D eigenvalue weighted by molar-refractivity contribution is 0.661. The zero-order chi connectivity index (χ0) is 70.8. The van der Waals surface area contributed by atoms with Crippen molar-refractivity contribution in [2.24, 2.45) is 0 Å². The van der Waals surface area contributed by atoms with Gasteiger partial charge in [0.25, 0.3) is 0 Å². The first-order valence-electron chi connectivity index (χ1n) is 37.3. The minimum atomic E-state index is -0.356. The number of hydrogen-bond acceptors (Lipinski definition) is 2. The minimum Gasteiger partial charge on any atom is -0.310 e. The molecule has 0 bridgehead atoms. The summed E-state index contributed by atoms with van der Waals surface area (Å²) in [5, 5.41) is 22.6. The van der Waals surface area contributed by atoms with Crippen molar-refractivity contribution in [2.75, 3.05) is 9.80 Å². The zero-order valence-corrected chi connectivity index (χ0v) is 59.3. The van der Waals surface area contributed by atoms with Crippen LogP contribution in [0.3, 0.4) is 0 Å². The molecule has 0 spiro atoms. The van der Waals surface area contributed by atoms with Crippen molar-refractivity contribution in [3.05, 3.63) is 399 Å². The Kier molecular flexibility index (Phi) is 14.3. The van der Waals surface area contributed by atoms with Crippen molar-refractivity contribution in [3.8, 4) is 66.8 Å². The summed E-state index contributed by atoms with van der Waals surface area (Å²) in [6.45, 7) is 4.84. The molecule has 0 radical (unpaired) electrons. The molecule has 0 unspecified atom stereocenters. The van der Waals surface area contributed by atoms with E-state index in [2.05, 4.69) is 412 Å². The minimum absolute atomic E-state index is 0.356. The van der Waals surface area contributed by atoms with Crippen molar-refractivity contribution in [3.63, 3.8) is 0 Å². The van der Waals surface area contributed by atoms with E-state index in [1.807, 2.05) is 0 Å². The lowest BCUT2D eigenvalue weighted by Crippen LogP contribution is -2.20. The molecule has 500 valence electrons. The Hall–Kier alpha value is -13.7. The van der Waals surface area contributed by atoms with E-state index in [1.165, 1.54) is 169 Å². The van der Waals surface area contributed by atoms with E-state index in [4.69, 9.17) is 0 Å². The number of rotatable bonds is 11. The second-order valence-electron chi connectivity index (χ2n) is 29.4. The van der Waals surface area contributed by atoms with Gasteiger partial charge in [-0.15, -0.1) is 0 Å². The highest BCUT2D eigenvalue weighted by Gasteiger charge is 2.39. The molecule has 20 aromatic rings. The third kappa shape index (κ3) is 10.1. The second-order valence-corrected chi connectivity index (χ2v) is 29.4. The van der Waals surface area contributed by atoms with Gasteiger partial charge in [0.05, 0.1) is 11.4 Å². The Bertz CT molecular complexity index is 6960. The molecule has 0 N–H and O–H groups in total. The van der Waals surface area contributed by atoms with Crippen LogP contribution in [0.5, 0.6) is 0 Å². The molecule has 2 heteroatoms. The fourth-order valence-electron chi connectivity index (χ4n) is 18.2. The molecule has 2 nitrogen and oxygen atoms in total. The molecule has 1 aliphatic rings. The summed E-state index contributed by atoms with van der Waals surface area (Å²) in [5.74, 6) is 0. The molecule has 21 rings (SSSR count). The van der Waals surface area contributed by atoms with Gasteiger partial charge < -0.3 is 9.80 Å². The number of hydrogen-bond donors (Lipinski definition) is 0. The molecule has 1 aliphatic carbocycles. The lowest BCUT2D eigenvalue weighted by atomic mass is 9.80. The van der Waals surface area contributed by atoms with E-state index in [1.54, 1.807) is 0 Å². The first-order chi connectivity index (χ1) is 52.8. The summed E-state index contributed by atoms with van der Waals surface area (Å²) in [6, 6.07) is 145. The third-order valence-corrected chi connectivity index (χ3v) is 23.2. The van der Waals surface area contributed by atoms with E-state index in [9.17, 15) is 0 Å². The van der Waals surface area contributed by atoms with E-state index in [0.717, 1.165) is 39.7 Å². The van der Waals surface area contributed by atoms with Crippen LogP contribution >= 0.6 is 0 Å². The largest absolute Gasteiger partial charge is 0.310 e. The number of benzene rings is 20. The van der Waals surface area contributed by atoms with Gasteiger partial charge in [0, 0.05) is 33.6 Å².